The number of hydrogen-bond acceptors (Lipinski definition) is 2. The summed E-state index contributed by atoms with van der Waals surface area (Å²) in [5, 5.41) is 0. The van der Waals surface area contributed by atoms with E-state index in [1.54, 1.807) is 6.20 Å². The van der Waals surface area contributed by atoms with Gasteiger partial charge in [0, 0.05) is 12.2 Å². The van der Waals surface area contributed by atoms with E-state index >= 15 is 0 Å². The van der Waals surface area contributed by atoms with Gasteiger partial charge in [0.15, 0.2) is 10.4 Å². The maximum absolute atomic E-state index is 5.37. The highest BCUT2D eigenvalue weighted by Gasteiger charge is 2.24. The number of aromatic amines is 1. The fraction of sp³-hybridized carbons (Fsp3) is 0.500. The molecule has 0 aliphatic carbocycles. The van der Waals surface area contributed by atoms with Crippen LogP contribution in [0.15, 0.2) is 18.3 Å². The normalized spacial score (nSPS) is 14.2. The van der Waals surface area contributed by atoms with Gasteiger partial charge in [0.2, 0.25) is 0 Å². The second-order valence-electron chi connectivity index (χ2n) is 5.22. The molecule has 2 rings (SSSR count). The molecule has 3 nitrogen and oxygen atoms in total. The Morgan fingerprint density at radius 3 is 2.75 bits per heavy atom. The van der Waals surface area contributed by atoms with Crippen LogP contribution in [0, 0.1) is 10.2 Å². The predicted octanol–water partition coefficient (Wildman–Crippen LogP) is 3.70. The topological polar surface area (TPSA) is 33.6 Å². The van der Waals surface area contributed by atoms with E-state index < -0.39 is 0 Å². The van der Waals surface area contributed by atoms with Gasteiger partial charge in [-0.2, -0.15) is 0 Å². The molecule has 4 heteroatoms. The molecule has 2 heterocycles. The van der Waals surface area contributed by atoms with Gasteiger partial charge in [-0.05, 0) is 36.7 Å². The number of imidazole rings is 1. The summed E-state index contributed by atoms with van der Waals surface area (Å²) in [6.45, 7) is 8.81. The van der Waals surface area contributed by atoms with Crippen LogP contribution < -0.4 is 0 Å². The summed E-state index contributed by atoms with van der Waals surface area (Å²) in [6.07, 6.45) is 1.80. The smallest absolute Gasteiger partial charge is 0.179 e. The highest BCUT2D eigenvalue weighted by molar-refractivity contribution is 7.71. The van der Waals surface area contributed by atoms with E-state index in [-0.39, 0.29) is 5.41 Å². The molecule has 0 aliphatic heterocycles. The lowest BCUT2D eigenvalue weighted by atomic mass is 9.88. The zero-order chi connectivity index (χ0) is 11.9. The minimum Gasteiger partial charge on any atom is -0.329 e. The van der Waals surface area contributed by atoms with E-state index in [1.165, 1.54) is 0 Å². The second kappa shape index (κ2) is 3.70. The Morgan fingerprint density at radius 2 is 2.12 bits per heavy atom. The first-order valence-corrected chi connectivity index (χ1v) is 5.87. The highest BCUT2D eigenvalue weighted by atomic mass is 32.1. The van der Waals surface area contributed by atoms with E-state index in [2.05, 4.69) is 42.2 Å². The third-order valence-corrected chi connectivity index (χ3v) is 3.41. The third kappa shape index (κ3) is 1.78. The van der Waals surface area contributed by atoms with Gasteiger partial charge in [0.25, 0.3) is 0 Å². The van der Waals surface area contributed by atoms with Crippen LogP contribution in [0.4, 0.5) is 0 Å². The standard InChI is InChI=1S/C12H17N3S/c1-8(12(2,3)4)15-10-9(14-11(15)16)6-5-7-13-10/h5-8H,1-4H3,(H,14,16). The number of aromatic nitrogens is 3. The molecule has 1 unspecified atom stereocenters. The van der Waals surface area contributed by atoms with Crippen molar-refractivity contribution in [1.29, 1.82) is 0 Å². The molecule has 1 N–H and O–H groups in total. The molecule has 2 aromatic heterocycles. The van der Waals surface area contributed by atoms with Crippen molar-refractivity contribution in [2.45, 2.75) is 33.7 Å². The molecule has 2 aromatic rings. The van der Waals surface area contributed by atoms with Crippen molar-refractivity contribution in [3.8, 4) is 0 Å². The summed E-state index contributed by atoms with van der Waals surface area (Å²) in [7, 11) is 0. The number of hydrogen-bond donors (Lipinski definition) is 1. The molecule has 0 spiro atoms. The lowest BCUT2D eigenvalue weighted by Crippen LogP contribution is -2.21. The SMILES string of the molecule is CC(n1c(=S)[nH]c2cccnc21)C(C)(C)C. The lowest BCUT2D eigenvalue weighted by molar-refractivity contribution is 0.265. The zero-order valence-electron chi connectivity index (χ0n) is 10.1. The van der Waals surface area contributed by atoms with Gasteiger partial charge in [-0.25, -0.2) is 4.98 Å². The Morgan fingerprint density at radius 1 is 1.44 bits per heavy atom. The largest absolute Gasteiger partial charge is 0.329 e. The van der Waals surface area contributed by atoms with Crippen molar-refractivity contribution in [3.05, 3.63) is 23.1 Å². The number of nitrogens with one attached hydrogen (secondary N) is 1. The monoisotopic (exact) mass is 235 g/mol. The van der Waals surface area contributed by atoms with Crippen LogP contribution in [0.5, 0.6) is 0 Å². The molecular formula is C12H17N3S. The first-order valence-electron chi connectivity index (χ1n) is 5.46. The summed E-state index contributed by atoms with van der Waals surface area (Å²) in [6, 6.07) is 4.23. The first kappa shape index (κ1) is 11.3. The quantitative estimate of drug-likeness (QED) is 0.765. The molecule has 0 fully saturated rings. The molecule has 86 valence electrons. The second-order valence-corrected chi connectivity index (χ2v) is 5.60. The van der Waals surface area contributed by atoms with Gasteiger partial charge in [-0.1, -0.05) is 20.8 Å². The minimum atomic E-state index is 0.158. The number of nitrogens with zero attached hydrogens (tertiary/aromatic N) is 2. The zero-order valence-corrected chi connectivity index (χ0v) is 10.9. The number of rotatable bonds is 1. The average molecular weight is 235 g/mol. The summed E-state index contributed by atoms with van der Waals surface area (Å²) >= 11 is 5.37. The molecule has 0 aliphatic rings. The Balaban J connectivity index is 2.69. The summed E-state index contributed by atoms with van der Waals surface area (Å²) in [5.74, 6) is 0. The number of pyridine rings is 1. The third-order valence-electron chi connectivity index (χ3n) is 3.12. The van der Waals surface area contributed by atoms with Crippen molar-refractivity contribution in [2.24, 2.45) is 5.41 Å². The Kier molecular flexibility index (Phi) is 2.62. The molecule has 0 saturated carbocycles. The molecule has 1 atom stereocenters. The molecule has 0 saturated heterocycles. The Bertz CT molecular complexity index is 559. The van der Waals surface area contributed by atoms with Gasteiger partial charge >= 0.3 is 0 Å². The van der Waals surface area contributed by atoms with Crippen LogP contribution in [0.1, 0.15) is 33.7 Å². The van der Waals surface area contributed by atoms with Crippen molar-refractivity contribution < 1.29 is 0 Å². The maximum atomic E-state index is 5.37. The molecule has 16 heavy (non-hydrogen) atoms. The van der Waals surface area contributed by atoms with Crippen LogP contribution in [0.2, 0.25) is 0 Å². The van der Waals surface area contributed by atoms with Gasteiger partial charge < -0.3 is 4.98 Å². The number of fused-ring (bicyclic) bond motifs is 1. The maximum Gasteiger partial charge on any atom is 0.179 e. The van der Waals surface area contributed by atoms with Crippen LogP contribution in [0.25, 0.3) is 11.2 Å². The van der Waals surface area contributed by atoms with Crippen LogP contribution in [-0.4, -0.2) is 14.5 Å². The van der Waals surface area contributed by atoms with Crippen LogP contribution in [-0.2, 0) is 0 Å². The van der Waals surface area contributed by atoms with Crippen LogP contribution >= 0.6 is 12.2 Å². The highest BCUT2D eigenvalue weighted by Crippen LogP contribution is 2.32. The van der Waals surface area contributed by atoms with Crippen molar-refractivity contribution in [3.63, 3.8) is 0 Å². The minimum absolute atomic E-state index is 0.158. The fourth-order valence-corrected chi connectivity index (χ4v) is 2.06. The fourth-order valence-electron chi connectivity index (χ4n) is 1.70. The molecular weight excluding hydrogens is 218 g/mol. The molecule has 0 aromatic carbocycles. The first-order chi connectivity index (χ1) is 7.41. The molecule has 0 radical (unpaired) electrons. The average Bonchev–Trinajstić information content (AvgIpc) is 2.51. The number of H-pyrrole nitrogens is 1. The summed E-state index contributed by atoms with van der Waals surface area (Å²) in [4.78, 5) is 7.60. The summed E-state index contributed by atoms with van der Waals surface area (Å²) < 4.78 is 2.85. The van der Waals surface area contributed by atoms with E-state index in [9.17, 15) is 0 Å². The van der Waals surface area contributed by atoms with Crippen LogP contribution in [0.3, 0.4) is 0 Å². The van der Waals surface area contributed by atoms with Gasteiger partial charge in [-0.3, -0.25) is 4.57 Å². The summed E-state index contributed by atoms with van der Waals surface area (Å²) in [5.41, 5.74) is 2.10. The van der Waals surface area contributed by atoms with Crippen molar-refractivity contribution in [2.75, 3.05) is 0 Å². The Labute approximate surface area is 101 Å². The van der Waals surface area contributed by atoms with Gasteiger partial charge in [-0.15, -0.1) is 0 Å². The molecule has 0 amide bonds. The van der Waals surface area contributed by atoms with E-state index in [1.807, 2.05) is 12.1 Å². The molecule has 0 bridgehead atoms. The van der Waals surface area contributed by atoms with Crippen molar-refractivity contribution in [1.82, 2.24) is 14.5 Å². The Hall–Kier alpha value is -1.16. The predicted molar refractivity (Wildman–Crippen MR) is 69.1 cm³/mol. The van der Waals surface area contributed by atoms with Gasteiger partial charge in [0.05, 0.1) is 5.52 Å². The van der Waals surface area contributed by atoms with E-state index in [0.717, 1.165) is 15.9 Å². The van der Waals surface area contributed by atoms with Gasteiger partial charge in [0.1, 0.15) is 0 Å². The van der Waals surface area contributed by atoms with Crippen molar-refractivity contribution >= 4 is 23.4 Å². The lowest BCUT2D eigenvalue weighted by Gasteiger charge is -2.28. The van der Waals surface area contributed by atoms with E-state index in [4.69, 9.17) is 12.2 Å². The van der Waals surface area contributed by atoms with E-state index in [0.29, 0.717) is 6.04 Å².